The van der Waals surface area contributed by atoms with Crippen molar-refractivity contribution in [3.05, 3.63) is 69.8 Å². The summed E-state index contributed by atoms with van der Waals surface area (Å²) >= 11 is 9.48. The molecule has 0 aliphatic rings. The molecule has 0 fully saturated rings. The van der Waals surface area contributed by atoms with E-state index in [1.54, 1.807) is 6.20 Å². The van der Waals surface area contributed by atoms with Crippen LogP contribution in [0.1, 0.15) is 5.56 Å². The first-order valence-corrected chi connectivity index (χ1v) is 7.67. The number of benzene rings is 2. The van der Waals surface area contributed by atoms with Crippen LogP contribution in [0.3, 0.4) is 0 Å². The van der Waals surface area contributed by atoms with Crippen LogP contribution in [-0.2, 0) is 6.54 Å². The summed E-state index contributed by atoms with van der Waals surface area (Å²) in [4.78, 5) is 0. The van der Waals surface area contributed by atoms with Crippen molar-refractivity contribution in [2.45, 2.75) is 6.54 Å². The van der Waals surface area contributed by atoms with Crippen LogP contribution in [-0.4, -0.2) is 10.2 Å². The Labute approximate surface area is 136 Å². The van der Waals surface area contributed by atoms with Crippen molar-refractivity contribution in [3.8, 4) is 11.3 Å². The summed E-state index contributed by atoms with van der Waals surface area (Å²) < 4.78 is 1.01. The Kier molecular flexibility index (Phi) is 4.27. The van der Waals surface area contributed by atoms with Gasteiger partial charge in [-0.05, 0) is 35.9 Å². The summed E-state index contributed by atoms with van der Waals surface area (Å²) in [6, 6.07) is 16.0. The molecule has 0 saturated heterocycles. The van der Waals surface area contributed by atoms with Gasteiger partial charge in [0.05, 0.1) is 5.69 Å². The topological polar surface area (TPSA) is 40.7 Å². The molecule has 2 aromatic carbocycles. The molecular weight excluding hydrogens is 350 g/mol. The highest BCUT2D eigenvalue weighted by molar-refractivity contribution is 9.10. The van der Waals surface area contributed by atoms with Gasteiger partial charge in [0.15, 0.2) is 0 Å². The first-order valence-electron chi connectivity index (χ1n) is 6.50. The molecule has 0 saturated carbocycles. The average molecular weight is 363 g/mol. The molecular formula is C16H13BrClN3. The summed E-state index contributed by atoms with van der Waals surface area (Å²) in [6.45, 7) is 0.726. The minimum Gasteiger partial charge on any atom is -0.381 e. The fourth-order valence-corrected chi connectivity index (χ4v) is 2.90. The smallest absolute Gasteiger partial charge is 0.0650 e. The van der Waals surface area contributed by atoms with E-state index in [-0.39, 0.29) is 0 Å². The molecule has 2 N–H and O–H groups in total. The van der Waals surface area contributed by atoms with Gasteiger partial charge in [-0.15, -0.1) is 0 Å². The van der Waals surface area contributed by atoms with E-state index < -0.39 is 0 Å². The van der Waals surface area contributed by atoms with Gasteiger partial charge in [0.2, 0.25) is 0 Å². The standard InChI is InChI=1S/C16H13BrClN3/c17-15-9-13(18)5-4-12(15)10-19-14-3-1-2-11(8-14)16-6-7-20-21-16/h1-9,19H,10H2,(H,20,21). The SMILES string of the molecule is Clc1ccc(CNc2cccc(-c3ccn[nH]3)c2)c(Br)c1. The van der Waals surface area contributed by atoms with E-state index in [2.05, 4.69) is 43.6 Å². The number of rotatable bonds is 4. The maximum Gasteiger partial charge on any atom is 0.0650 e. The van der Waals surface area contributed by atoms with E-state index in [9.17, 15) is 0 Å². The molecule has 3 rings (SSSR count). The number of H-pyrrole nitrogens is 1. The minimum atomic E-state index is 0.726. The number of hydrogen-bond donors (Lipinski definition) is 2. The molecule has 3 aromatic rings. The van der Waals surface area contributed by atoms with E-state index >= 15 is 0 Å². The lowest BCUT2D eigenvalue weighted by Crippen LogP contribution is -2.00. The highest BCUT2D eigenvalue weighted by atomic mass is 79.9. The first kappa shape index (κ1) is 14.2. The molecule has 1 aromatic heterocycles. The molecule has 0 atom stereocenters. The second-order valence-corrected chi connectivity index (χ2v) is 5.93. The average Bonchev–Trinajstić information content (AvgIpc) is 3.01. The third kappa shape index (κ3) is 3.46. The molecule has 0 amide bonds. The van der Waals surface area contributed by atoms with E-state index in [4.69, 9.17) is 11.6 Å². The molecule has 5 heteroatoms. The predicted octanol–water partition coefficient (Wildman–Crippen LogP) is 5.10. The van der Waals surface area contributed by atoms with Gasteiger partial charge < -0.3 is 5.32 Å². The number of aromatic nitrogens is 2. The van der Waals surface area contributed by atoms with Crippen molar-refractivity contribution in [1.29, 1.82) is 0 Å². The molecule has 0 bridgehead atoms. The van der Waals surface area contributed by atoms with Crippen molar-refractivity contribution in [3.63, 3.8) is 0 Å². The quantitative estimate of drug-likeness (QED) is 0.677. The predicted molar refractivity (Wildman–Crippen MR) is 90.5 cm³/mol. The van der Waals surface area contributed by atoms with Crippen molar-refractivity contribution in [2.75, 3.05) is 5.32 Å². The second-order valence-electron chi connectivity index (χ2n) is 4.64. The Balaban J connectivity index is 1.75. The Morgan fingerprint density at radius 3 is 2.81 bits per heavy atom. The first-order chi connectivity index (χ1) is 10.2. The Morgan fingerprint density at radius 1 is 1.14 bits per heavy atom. The summed E-state index contributed by atoms with van der Waals surface area (Å²) in [7, 11) is 0. The Morgan fingerprint density at radius 2 is 2.05 bits per heavy atom. The lowest BCUT2D eigenvalue weighted by molar-refractivity contribution is 1.09. The number of nitrogens with one attached hydrogen (secondary N) is 2. The van der Waals surface area contributed by atoms with Crippen LogP contribution >= 0.6 is 27.5 Å². The van der Waals surface area contributed by atoms with Crippen LogP contribution in [0.25, 0.3) is 11.3 Å². The van der Waals surface area contributed by atoms with Gasteiger partial charge in [-0.3, -0.25) is 5.10 Å². The maximum atomic E-state index is 5.95. The van der Waals surface area contributed by atoms with Gasteiger partial charge in [-0.25, -0.2) is 0 Å². The highest BCUT2D eigenvalue weighted by Gasteiger charge is 2.03. The molecule has 0 spiro atoms. The van der Waals surface area contributed by atoms with Crippen LogP contribution < -0.4 is 5.32 Å². The summed E-state index contributed by atoms with van der Waals surface area (Å²) in [5, 5.41) is 11.1. The normalized spacial score (nSPS) is 10.6. The summed E-state index contributed by atoms with van der Waals surface area (Å²) in [6.07, 6.45) is 1.75. The van der Waals surface area contributed by atoms with Gasteiger partial charge >= 0.3 is 0 Å². The van der Waals surface area contributed by atoms with Crippen LogP contribution in [0.4, 0.5) is 5.69 Å². The van der Waals surface area contributed by atoms with Crippen molar-refractivity contribution >= 4 is 33.2 Å². The zero-order valence-electron chi connectivity index (χ0n) is 11.1. The Hall–Kier alpha value is -1.78. The van der Waals surface area contributed by atoms with Gasteiger partial charge in [0.25, 0.3) is 0 Å². The fourth-order valence-electron chi connectivity index (χ4n) is 2.08. The van der Waals surface area contributed by atoms with E-state index in [1.807, 2.05) is 36.4 Å². The van der Waals surface area contributed by atoms with Crippen molar-refractivity contribution < 1.29 is 0 Å². The number of nitrogens with zero attached hydrogens (tertiary/aromatic N) is 1. The zero-order chi connectivity index (χ0) is 14.7. The van der Waals surface area contributed by atoms with Gasteiger partial charge in [0.1, 0.15) is 0 Å². The van der Waals surface area contributed by atoms with Gasteiger partial charge in [-0.2, -0.15) is 5.10 Å². The van der Waals surface area contributed by atoms with Crippen molar-refractivity contribution in [1.82, 2.24) is 10.2 Å². The fraction of sp³-hybridized carbons (Fsp3) is 0.0625. The van der Waals surface area contributed by atoms with Gasteiger partial charge in [-0.1, -0.05) is 45.7 Å². The molecule has 0 aliphatic heterocycles. The number of hydrogen-bond acceptors (Lipinski definition) is 2. The largest absolute Gasteiger partial charge is 0.381 e. The zero-order valence-corrected chi connectivity index (χ0v) is 13.4. The summed E-state index contributed by atoms with van der Waals surface area (Å²) in [5.41, 5.74) is 4.33. The van der Waals surface area contributed by atoms with Crippen LogP contribution in [0, 0.1) is 0 Å². The maximum absolute atomic E-state index is 5.95. The van der Waals surface area contributed by atoms with E-state index in [1.165, 1.54) is 0 Å². The molecule has 1 heterocycles. The molecule has 3 nitrogen and oxygen atoms in total. The molecule has 0 aliphatic carbocycles. The van der Waals surface area contributed by atoms with Crippen molar-refractivity contribution in [2.24, 2.45) is 0 Å². The number of anilines is 1. The molecule has 0 radical (unpaired) electrons. The summed E-state index contributed by atoms with van der Waals surface area (Å²) in [5.74, 6) is 0. The molecule has 21 heavy (non-hydrogen) atoms. The van der Waals surface area contributed by atoms with Gasteiger partial charge in [0, 0.05) is 33.5 Å². The second kappa shape index (κ2) is 6.33. The molecule has 0 unspecified atom stereocenters. The third-order valence-electron chi connectivity index (χ3n) is 3.17. The lowest BCUT2D eigenvalue weighted by Gasteiger charge is -2.09. The molecule has 106 valence electrons. The van der Waals surface area contributed by atoms with Crippen LogP contribution in [0.2, 0.25) is 5.02 Å². The highest BCUT2D eigenvalue weighted by Crippen LogP contribution is 2.24. The minimum absolute atomic E-state index is 0.726. The third-order valence-corrected chi connectivity index (χ3v) is 4.15. The number of aromatic amines is 1. The monoisotopic (exact) mass is 361 g/mol. The van der Waals surface area contributed by atoms with Crippen LogP contribution in [0.5, 0.6) is 0 Å². The van der Waals surface area contributed by atoms with E-state index in [0.717, 1.165) is 38.5 Å². The number of halogens is 2. The Bertz CT molecular complexity index is 741. The van der Waals surface area contributed by atoms with Crippen LogP contribution in [0.15, 0.2) is 59.2 Å². The van der Waals surface area contributed by atoms with E-state index in [0.29, 0.717) is 0 Å². The lowest BCUT2D eigenvalue weighted by atomic mass is 10.1.